The average molecular weight is 506 g/mol. The van der Waals surface area contributed by atoms with Gasteiger partial charge in [0.25, 0.3) is 0 Å². The number of hydrogen-bond acceptors (Lipinski definition) is 7. The van der Waals surface area contributed by atoms with Crippen molar-refractivity contribution in [2.45, 2.75) is 18.9 Å². The molecule has 1 fully saturated rings. The molecular weight excluding hydrogens is 478 g/mol. The average Bonchev–Trinajstić information content (AvgIpc) is 3.72. The standard InChI is InChI=1S/C29H27N7O2/c1-37-25-5-4-23-27(26(25)18-3-2-17-6-11-32-24(17)13-18)38-29(35-23)22-12-19(14-33-28(22)30)20-15-34-36(16-20)21-7-9-31-10-8-21/h2-6,11-16,21,31-32H,7-10H2,1H3,(H2,30,33). The van der Waals surface area contributed by atoms with Crippen LogP contribution in [0, 0.1) is 0 Å². The molecule has 2 aromatic carbocycles. The molecule has 9 heteroatoms. The highest BCUT2D eigenvalue weighted by Crippen LogP contribution is 2.41. The largest absolute Gasteiger partial charge is 0.496 e. The first-order valence-electron chi connectivity index (χ1n) is 12.7. The molecule has 0 bridgehead atoms. The predicted molar refractivity (Wildman–Crippen MR) is 148 cm³/mol. The van der Waals surface area contributed by atoms with Gasteiger partial charge in [-0.3, -0.25) is 4.68 Å². The van der Waals surface area contributed by atoms with Gasteiger partial charge in [0.1, 0.15) is 17.1 Å². The third-order valence-electron chi connectivity index (χ3n) is 7.35. The van der Waals surface area contributed by atoms with E-state index in [2.05, 4.69) is 49.5 Å². The molecule has 0 radical (unpaired) electrons. The predicted octanol–water partition coefficient (Wildman–Crippen LogP) is 5.42. The Labute approximate surface area is 218 Å². The Balaban J connectivity index is 1.31. The third-order valence-corrected chi connectivity index (χ3v) is 7.35. The molecule has 1 aliphatic rings. The van der Waals surface area contributed by atoms with E-state index in [1.807, 2.05) is 36.7 Å². The number of nitrogens with zero attached hydrogens (tertiary/aromatic N) is 4. The Morgan fingerprint density at radius 2 is 1.92 bits per heavy atom. The van der Waals surface area contributed by atoms with Gasteiger partial charge in [0, 0.05) is 35.2 Å². The smallest absolute Gasteiger partial charge is 0.231 e. The molecule has 0 saturated carbocycles. The number of nitrogen functional groups attached to an aromatic ring is 1. The van der Waals surface area contributed by atoms with Crippen molar-refractivity contribution in [2.24, 2.45) is 0 Å². The minimum absolute atomic E-state index is 0.354. The first-order chi connectivity index (χ1) is 18.7. The molecule has 6 aromatic rings. The number of aromatic amines is 1. The van der Waals surface area contributed by atoms with E-state index in [1.165, 1.54) is 0 Å². The lowest BCUT2D eigenvalue weighted by atomic mass is 10.0. The lowest BCUT2D eigenvalue weighted by molar-refractivity contribution is 0.343. The first-order valence-corrected chi connectivity index (χ1v) is 12.7. The van der Waals surface area contributed by atoms with Crippen molar-refractivity contribution >= 4 is 27.8 Å². The van der Waals surface area contributed by atoms with Crippen molar-refractivity contribution < 1.29 is 9.15 Å². The van der Waals surface area contributed by atoms with Crippen LogP contribution in [0.15, 0.2) is 71.7 Å². The van der Waals surface area contributed by atoms with E-state index in [-0.39, 0.29) is 0 Å². The number of pyridine rings is 1. The number of hydrogen-bond donors (Lipinski definition) is 3. The van der Waals surface area contributed by atoms with Crippen molar-refractivity contribution in [3.63, 3.8) is 0 Å². The van der Waals surface area contributed by atoms with Gasteiger partial charge in [-0.2, -0.15) is 5.10 Å². The van der Waals surface area contributed by atoms with E-state index in [0.717, 1.165) is 59.1 Å². The normalized spacial score (nSPS) is 14.4. The maximum Gasteiger partial charge on any atom is 0.231 e. The number of fused-ring (bicyclic) bond motifs is 2. The Bertz CT molecular complexity index is 1770. The zero-order valence-electron chi connectivity index (χ0n) is 20.9. The minimum Gasteiger partial charge on any atom is -0.496 e. The van der Waals surface area contributed by atoms with Gasteiger partial charge in [-0.05, 0) is 67.2 Å². The van der Waals surface area contributed by atoms with E-state index in [0.29, 0.717) is 40.2 Å². The van der Waals surface area contributed by atoms with Gasteiger partial charge >= 0.3 is 0 Å². The number of H-pyrrole nitrogens is 1. The van der Waals surface area contributed by atoms with Crippen LogP contribution in [-0.4, -0.2) is 44.9 Å². The fraction of sp³-hybridized carbons (Fsp3) is 0.207. The summed E-state index contributed by atoms with van der Waals surface area (Å²) in [7, 11) is 1.66. The molecule has 0 spiro atoms. The number of nitrogens with two attached hydrogens (primary N) is 1. The van der Waals surface area contributed by atoms with Gasteiger partial charge in [-0.15, -0.1) is 0 Å². The fourth-order valence-corrected chi connectivity index (χ4v) is 5.30. The Morgan fingerprint density at radius 1 is 1.03 bits per heavy atom. The second-order valence-electron chi connectivity index (χ2n) is 9.64. The highest BCUT2D eigenvalue weighted by Gasteiger charge is 2.21. The van der Waals surface area contributed by atoms with Crippen molar-refractivity contribution in [3.05, 3.63) is 67.3 Å². The number of benzene rings is 2. The van der Waals surface area contributed by atoms with Crippen LogP contribution < -0.4 is 15.8 Å². The number of aromatic nitrogens is 5. The zero-order valence-corrected chi connectivity index (χ0v) is 20.9. The maximum atomic E-state index is 6.40. The molecule has 0 atom stereocenters. The minimum atomic E-state index is 0.354. The summed E-state index contributed by atoms with van der Waals surface area (Å²) in [5.41, 5.74) is 13.0. The molecule has 0 aliphatic carbocycles. The van der Waals surface area contributed by atoms with E-state index >= 15 is 0 Å². The Morgan fingerprint density at radius 3 is 2.79 bits per heavy atom. The molecule has 0 amide bonds. The van der Waals surface area contributed by atoms with Crippen LogP contribution in [0.3, 0.4) is 0 Å². The zero-order chi connectivity index (χ0) is 25.6. The number of piperidine rings is 1. The van der Waals surface area contributed by atoms with E-state index < -0.39 is 0 Å². The van der Waals surface area contributed by atoms with Crippen LogP contribution in [0.1, 0.15) is 18.9 Å². The van der Waals surface area contributed by atoms with E-state index in [9.17, 15) is 0 Å². The molecule has 38 heavy (non-hydrogen) atoms. The molecule has 4 N–H and O–H groups in total. The van der Waals surface area contributed by atoms with Crippen LogP contribution in [-0.2, 0) is 0 Å². The quantitative estimate of drug-likeness (QED) is 0.286. The molecule has 1 saturated heterocycles. The van der Waals surface area contributed by atoms with E-state index in [1.54, 1.807) is 13.3 Å². The van der Waals surface area contributed by atoms with Crippen LogP contribution in [0.5, 0.6) is 5.75 Å². The Hall–Kier alpha value is -4.63. The second-order valence-corrected chi connectivity index (χ2v) is 9.64. The summed E-state index contributed by atoms with van der Waals surface area (Å²) in [6.45, 7) is 2.02. The summed E-state index contributed by atoms with van der Waals surface area (Å²) < 4.78 is 14.2. The van der Waals surface area contributed by atoms with Gasteiger partial charge in [-0.1, -0.05) is 12.1 Å². The Kier molecular flexibility index (Phi) is 5.36. The molecule has 4 aromatic heterocycles. The topological polar surface area (TPSA) is 120 Å². The van der Waals surface area contributed by atoms with Gasteiger partial charge in [0.15, 0.2) is 5.58 Å². The maximum absolute atomic E-state index is 6.40. The summed E-state index contributed by atoms with van der Waals surface area (Å²) in [4.78, 5) is 12.5. The third kappa shape index (κ3) is 3.79. The lowest BCUT2D eigenvalue weighted by Gasteiger charge is -2.22. The second kappa shape index (κ2) is 9.04. The van der Waals surface area contributed by atoms with Crippen molar-refractivity contribution in [3.8, 4) is 39.5 Å². The number of rotatable bonds is 5. The van der Waals surface area contributed by atoms with Gasteiger partial charge in [-0.25, -0.2) is 9.97 Å². The number of ether oxygens (including phenoxy) is 1. The summed E-state index contributed by atoms with van der Waals surface area (Å²) in [5.74, 6) is 1.47. The molecule has 0 unspecified atom stereocenters. The number of anilines is 1. The highest BCUT2D eigenvalue weighted by atomic mass is 16.5. The van der Waals surface area contributed by atoms with Crippen LogP contribution >= 0.6 is 0 Å². The van der Waals surface area contributed by atoms with Crippen LogP contribution in [0.25, 0.3) is 55.7 Å². The molecule has 7 rings (SSSR count). The van der Waals surface area contributed by atoms with Crippen LogP contribution in [0.4, 0.5) is 5.82 Å². The lowest BCUT2D eigenvalue weighted by Crippen LogP contribution is -2.29. The van der Waals surface area contributed by atoms with Crippen molar-refractivity contribution in [1.29, 1.82) is 0 Å². The monoisotopic (exact) mass is 505 g/mol. The van der Waals surface area contributed by atoms with Gasteiger partial charge < -0.3 is 25.2 Å². The van der Waals surface area contributed by atoms with Gasteiger partial charge in [0.05, 0.1) is 30.5 Å². The molecular formula is C29H27N7O2. The number of oxazole rings is 1. The first kappa shape index (κ1) is 22.6. The number of nitrogens with one attached hydrogen (secondary N) is 2. The van der Waals surface area contributed by atoms with Crippen molar-refractivity contribution in [2.75, 3.05) is 25.9 Å². The molecule has 190 valence electrons. The molecule has 9 nitrogen and oxygen atoms in total. The highest BCUT2D eigenvalue weighted by molar-refractivity contribution is 5.98. The molecule has 5 heterocycles. The fourth-order valence-electron chi connectivity index (χ4n) is 5.30. The summed E-state index contributed by atoms with van der Waals surface area (Å²) in [6.07, 6.45) is 9.79. The van der Waals surface area contributed by atoms with Gasteiger partial charge in [0.2, 0.25) is 5.89 Å². The molecule has 1 aliphatic heterocycles. The van der Waals surface area contributed by atoms with E-state index in [4.69, 9.17) is 19.9 Å². The summed E-state index contributed by atoms with van der Waals surface area (Å²) >= 11 is 0. The van der Waals surface area contributed by atoms with Crippen molar-refractivity contribution in [1.82, 2.24) is 30.0 Å². The summed E-state index contributed by atoms with van der Waals surface area (Å²) in [6, 6.07) is 14.5. The summed E-state index contributed by atoms with van der Waals surface area (Å²) in [5, 5.41) is 9.17. The SMILES string of the molecule is COc1ccc2nc(-c3cc(-c4cnn(C5CCNCC5)c4)cnc3N)oc2c1-c1ccc2cc[nH]c2c1. The van der Waals surface area contributed by atoms with Crippen LogP contribution in [0.2, 0.25) is 0 Å². The number of methoxy groups -OCH3 is 1.